The fourth-order valence-corrected chi connectivity index (χ4v) is 4.39. The standard InChI is InChI=1S/C26H30N4O2/c1-18-10-11-22(19(2)16-18)24-23(17-30(27-24)21-8-6-5-7-9-21)26(32)29-14-12-20(13-15-29)25(31)28(3)4/h5-11,16-17,20H,12-15H2,1-4H3. The van der Waals surface area contributed by atoms with Crippen LogP contribution in [-0.4, -0.2) is 58.6 Å². The Bertz CT molecular complexity index is 1130. The molecule has 2 heterocycles. The van der Waals surface area contributed by atoms with Crippen LogP contribution in [0.1, 0.15) is 34.3 Å². The number of carbonyl (C=O) groups excluding carboxylic acids is 2. The Balaban J connectivity index is 1.67. The number of aryl methyl sites for hydroxylation is 2. The molecule has 0 aliphatic carbocycles. The van der Waals surface area contributed by atoms with Crippen LogP contribution in [0.3, 0.4) is 0 Å². The SMILES string of the molecule is Cc1ccc(-c2nn(-c3ccccc3)cc2C(=O)N2CCC(C(=O)N(C)C)CC2)c(C)c1. The molecule has 1 aliphatic rings. The molecule has 1 aliphatic heterocycles. The van der Waals surface area contributed by atoms with Gasteiger partial charge in [0.05, 0.1) is 11.3 Å². The number of para-hydroxylation sites is 1. The third-order valence-corrected chi connectivity index (χ3v) is 6.17. The zero-order valence-corrected chi connectivity index (χ0v) is 19.2. The van der Waals surface area contributed by atoms with Crippen molar-refractivity contribution in [3.8, 4) is 16.9 Å². The van der Waals surface area contributed by atoms with E-state index in [1.54, 1.807) is 23.7 Å². The van der Waals surface area contributed by atoms with Gasteiger partial charge >= 0.3 is 0 Å². The minimum absolute atomic E-state index is 0.0140. The molecule has 1 aromatic heterocycles. The van der Waals surface area contributed by atoms with E-state index in [-0.39, 0.29) is 17.7 Å². The molecule has 0 bridgehead atoms. The van der Waals surface area contributed by atoms with Crippen LogP contribution in [0.2, 0.25) is 0 Å². The molecule has 0 atom stereocenters. The zero-order chi connectivity index (χ0) is 22.8. The number of hydrogen-bond acceptors (Lipinski definition) is 3. The molecule has 0 unspecified atom stereocenters. The zero-order valence-electron chi connectivity index (χ0n) is 19.2. The maximum atomic E-state index is 13.6. The van der Waals surface area contributed by atoms with Crippen molar-refractivity contribution in [2.45, 2.75) is 26.7 Å². The normalized spacial score (nSPS) is 14.4. The Morgan fingerprint density at radius 1 is 1.00 bits per heavy atom. The molecule has 6 nitrogen and oxygen atoms in total. The van der Waals surface area contributed by atoms with Crippen LogP contribution < -0.4 is 0 Å². The van der Waals surface area contributed by atoms with Crippen LogP contribution in [-0.2, 0) is 4.79 Å². The van der Waals surface area contributed by atoms with Crippen LogP contribution in [0.15, 0.2) is 54.7 Å². The largest absolute Gasteiger partial charge is 0.349 e. The summed E-state index contributed by atoms with van der Waals surface area (Å²) in [6.45, 7) is 5.26. The number of likely N-dealkylation sites (tertiary alicyclic amines) is 1. The number of piperidine rings is 1. The van der Waals surface area contributed by atoms with Crippen molar-refractivity contribution in [1.29, 1.82) is 0 Å². The predicted molar refractivity (Wildman–Crippen MR) is 126 cm³/mol. The molecule has 0 spiro atoms. The molecule has 1 fully saturated rings. The molecule has 0 N–H and O–H groups in total. The van der Waals surface area contributed by atoms with Crippen LogP contribution >= 0.6 is 0 Å². The van der Waals surface area contributed by atoms with Crippen LogP contribution in [0.5, 0.6) is 0 Å². The quantitative estimate of drug-likeness (QED) is 0.626. The van der Waals surface area contributed by atoms with E-state index in [0.29, 0.717) is 37.2 Å². The smallest absolute Gasteiger partial charge is 0.257 e. The van der Waals surface area contributed by atoms with Crippen molar-refractivity contribution in [2.24, 2.45) is 5.92 Å². The minimum atomic E-state index is -0.0297. The summed E-state index contributed by atoms with van der Waals surface area (Å²) in [6, 6.07) is 16.0. The number of hydrogen-bond donors (Lipinski definition) is 0. The molecule has 2 aromatic carbocycles. The van der Waals surface area contributed by atoms with Crippen LogP contribution in [0.4, 0.5) is 0 Å². The van der Waals surface area contributed by atoms with Gasteiger partial charge in [-0.05, 0) is 44.4 Å². The van der Waals surface area contributed by atoms with E-state index in [2.05, 4.69) is 26.0 Å². The Labute approximate surface area is 189 Å². The first kappa shape index (κ1) is 21.8. The Kier molecular flexibility index (Phi) is 6.12. The van der Waals surface area contributed by atoms with Crippen LogP contribution in [0.25, 0.3) is 16.9 Å². The Hall–Kier alpha value is -3.41. The third-order valence-electron chi connectivity index (χ3n) is 6.17. The molecule has 0 radical (unpaired) electrons. The fraction of sp³-hybridized carbons (Fsp3) is 0.346. The highest BCUT2D eigenvalue weighted by molar-refractivity contribution is 6.00. The summed E-state index contributed by atoms with van der Waals surface area (Å²) in [5.74, 6) is 0.0998. The van der Waals surface area contributed by atoms with Crippen molar-refractivity contribution < 1.29 is 9.59 Å². The van der Waals surface area contributed by atoms with Crippen molar-refractivity contribution in [3.63, 3.8) is 0 Å². The van der Waals surface area contributed by atoms with E-state index in [9.17, 15) is 9.59 Å². The van der Waals surface area contributed by atoms with Crippen molar-refractivity contribution in [3.05, 3.63) is 71.4 Å². The number of aromatic nitrogens is 2. The second-order valence-electron chi connectivity index (χ2n) is 8.79. The average molecular weight is 431 g/mol. The topological polar surface area (TPSA) is 58.4 Å². The van der Waals surface area contributed by atoms with Gasteiger partial charge < -0.3 is 9.80 Å². The second kappa shape index (κ2) is 8.99. The number of benzene rings is 2. The van der Waals surface area contributed by atoms with E-state index in [1.165, 1.54) is 5.56 Å². The van der Waals surface area contributed by atoms with Gasteiger partial charge in [0.25, 0.3) is 5.91 Å². The highest BCUT2D eigenvalue weighted by Crippen LogP contribution is 2.30. The lowest BCUT2D eigenvalue weighted by molar-refractivity contribution is -0.134. The van der Waals surface area contributed by atoms with E-state index in [4.69, 9.17) is 5.10 Å². The summed E-state index contributed by atoms with van der Waals surface area (Å²) < 4.78 is 1.78. The number of nitrogens with zero attached hydrogens (tertiary/aromatic N) is 4. The first-order chi connectivity index (χ1) is 15.3. The first-order valence-electron chi connectivity index (χ1n) is 11.1. The maximum Gasteiger partial charge on any atom is 0.257 e. The summed E-state index contributed by atoms with van der Waals surface area (Å²) in [7, 11) is 3.57. The van der Waals surface area contributed by atoms with Gasteiger partial charge in [-0.1, -0.05) is 42.0 Å². The molecule has 1 saturated heterocycles. The van der Waals surface area contributed by atoms with Gasteiger partial charge in [-0.2, -0.15) is 5.10 Å². The van der Waals surface area contributed by atoms with Crippen molar-refractivity contribution in [2.75, 3.05) is 27.2 Å². The van der Waals surface area contributed by atoms with Gasteiger partial charge in [-0.3, -0.25) is 9.59 Å². The van der Waals surface area contributed by atoms with Gasteiger partial charge in [0.15, 0.2) is 0 Å². The predicted octanol–water partition coefficient (Wildman–Crippen LogP) is 4.10. The molecule has 166 valence electrons. The van der Waals surface area contributed by atoms with Gasteiger partial charge in [0, 0.05) is 44.9 Å². The molecule has 3 aromatic rings. The van der Waals surface area contributed by atoms with E-state index >= 15 is 0 Å². The number of amides is 2. The second-order valence-corrected chi connectivity index (χ2v) is 8.79. The Morgan fingerprint density at radius 3 is 2.31 bits per heavy atom. The van der Waals surface area contributed by atoms with Gasteiger partial charge in [-0.25, -0.2) is 4.68 Å². The summed E-state index contributed by atoms with van der Waals surface area (Å²) in [4.78, 5) is 29.4. The highest BCUT2D eigenvalue weighted by Gasteiger charge is 2.31. The van der Waals surface area contributed by atoms with E-state index in [0.717, 1.165) is 16.8 Å². The van der Waals surface area contributed by atoms with Crippen molar-refractivity contribution >= 4 is 11.8 Å². The molecule has 4 rings (SSSR count). The Morgan fingerprint density at radius 2 is 1.69 bits per heavy atom. The summed E-state index contributed by atoms with van der Waals surface area (Å²) in [6.07, 6.45) is 3.21. The summed E-state index contributed by atoms with van der Waals surface area (Å²) in [5, 5.41) is 4.83. The molecular weight excluding hydrogens is 400 g/mol. The lowest BCUT2D eigenvalue weighted by Crippen LogP contribution is -2.42. The average Bonchev–Trinajstić information content (AvgIpc) is 3.24. The number of carbonyl (C=O) groups is 2. The number of rotatable bonds is 4. The first-order valence-corrected chi connectivity index (χ1v) is 11.1. The van der Waals surface area contributed by atoms with E-state index < -0.39 is 0 Å². The molecular formula is C26H30N4O2. The van der Waals surface area contributed by atoms with Gasteiger partial charge in [-0.15, -0.1) is 0 Å². The lowest BCUT2D eigenvalue weighted by atomic mass is 9.94. The third kappa shape index (κ3) is 4.31. The molecule has 6 heteroatoms. The van der Waals surface area contributed by atoms with Gasteiger partial charge in [0.1, 0.15) is 5.69 Å². The molecule has 32 heavy (non-hydrogen) atoms. The van der Waals surface area contributed by atoms with Crippen molar-refractivity contribution in [1.82, 2.24) is 19.6 Å². The van der Waals surface area contributed by atoms with Crippen LogP contribution in [0, 0.1) is 19.8 Å². The summed E-state index contributed by atoms with van der Waals surface area (Å²) >= 11 is 0. The monoisotopic (exact) mass is 430 g/mol. The lowest BCUT2D eigenvalue weighted by Gasteiger charge is -2.32. The highest BCUT2D eigenvalue weighted by atomic mass is 16.2. The van der Waals surface area contributed by atoms with Gasteiger partial charge in [0.2, 0.25) is 5.91 Å². The molecule has 0 saturated carbocycles. The summed E-state index contributed by atoms with van der Waals surface area (Å²) in [5.41, 5.74) is 5.43. The molecule has 2 amide bonds. The fourth-order valence-electron chi connectivity index (χ4n) is 4.39. The van der Waals surface area contributed by atoms with E-state index in [1.807, 2.05) is 47.5 Å². The minimum Gasteiger partial charge on any atom is -0.349 e. The maximum absolute atomic E-state index is 13.6.